The van der Waals surface area contributed by atoms with Crippen LogP contribution in [0.4, 0.5) is 0 Å². The number of aromatic nitrogens is 3. The van der Waals surface area contributed by atoms with Crippen LogP contribution in [0.1, 0.15) is 11.4 Å². The minimum atomic E-state index is 0.555. The van der Waals surface area contributed by atoms with Crippen LogP contribution >= 0.6 is 0 Å². The van der Waals surface area contributed by atoms with E-state index < -0.39 is 0 Å². The van der Waals surface area contributed by atoms with Gasteiger partial charge in [0.15, 0.2) is 17.4 Å². The van der Waals surface area contributed by atoms with Crippen molar-refractivity contribution < 1.29 is 0 Å². The Kier molecular flexibility index (Phi) is 4.29. The van der Waals surface area contributed by atoms with Crippen molar-refractivity contribution in [1.29, 1.82) is 0 Å². The highest BCUT2D eigenvalue weighted by Crippen LogP contribution is 2.02. The Labute approximate surface area is 128 Å². The highest BCUT2D eigenvalue weighted by atomic mass is 15.3. The molecule has 6 nitrogen and oxygen atoms in total. The molecule has 0 radical (unpaired) electrons. The van der Waals surface area contributed by atoms with Crippen LogP contribution in [0.25, 0.3) is 5.65 Å². The number of benzene rings is 1. The lowest BCUT2D eigenvalue weighted by molar-refractivity contribution is 0.762. The number of rotatable bonds is 4. The van der Waals surface area contributed by atoms with E-state index in [-0.39, 0.29) is 0 Å². The van der Waals surface area contributed by atoms with Gasteiger partial charge in [-0.05, 0) is 17.7 Å². The zero-order chi connectivity index (χ0) is 15.2. The van der Waals surface area contributed by atoms with Crippen molar-refractivity contribution in [2.75, 3.05) is 7.05 Å². The second kappa shape index (κ2) is 6.71. The van der Waals surface area contributed by atoms with Crippen LogP contribution in [-0.2, 0) is 13.1 Å². The number of hydrogen-bond donors (Lipinski definition) is 2. The van der Waals surface area contributed by atoms with Gasteiger partial charge in [0.2, 0.25) is 0 Å². The minimum Gasteiger partial charge on any atom is -0.352 e. The Morgan fingerprint density at radius 1 is 1.00 bits per heavy atom. The predicted octanol–water partition coefficient (Wildman–Crippen LogP) is 1.59. The van der Waals surface area contributed by atoms with Crippen molar-refractivity contribution in [3.05, 3.63) is 66.1 Å². The number of aliphatic imine (C=N–C) groups is 1. The first-order valence-electron chi connectivity index (χ1n) is 7.14. The smallest absolute Gasteiger partial charge is 0.191 e. The topological polar surface area (TPSA) is 66.6 Å². The van der Waals surface area contributed by atoms with E-state index in [9.17, 15) is 0 Å². The molecule has 0 unspecified atom stereocenters. The van der Waals surface area contributed by atoms with E-state index in [2.05, 4.69) is 38.0 Å². The van der Waals surface area contributed by atoms with Crippen LogP contribution in [0.2, 0.25) is 0 Å². The Balaban J connectivity index is 1.59. The molecule has 3 aromatic rings. The lowest BCUT2D eigenvalue weighted by atomic mass is 10.2. The summed E-state index contributed by atoms with van der Waals surface area (Å²) in [5.41, 5.74) is 2.05. The molecule has 22 heavy (non-hydrogen) atoms. The van der Waals surface area contributed by atoms with Gasteiger partial charge in [0, 0.05) is 19.8 Å². The largest absolute Gasteiger partial charge is 0.352 e. The van der Waals surface area contributed by atoms with Crippen molar-refractivity contribution in [3.8, 4) is 0 Å². The summed E-state index contributed by atoms with van der Waals surface area (Å²) in [6.07, 6.45) is 1.95. The van der Waals surface area contributed by atoms with Gasteiger partial charge in [-0.1, -0.05) is 36.4 Å². The lowest BCUT2D eigenvalue weighted by Crippen LogP contribution is -2.36. The zero-order valence-electron chi connectivity index (χ0n) is 12.4. The fourth-order valence-electron chi connectivity index (χ4n) is 2.18. The maximum atomic E-state index is 4.22. The molecule has 0 saturated heterocycles. The van der Waals surface area contributed by atoms with E-state index in [1.54, 1.807) is 7.05 Å². The number of nitrogens with zero attached hydrogens (tertiary/aromatic N) is 4. The molecule has 112 valence electrons. The number of fused-ring (bicyclic) bond motifs is 1. The maximum absolute atomic E-state index is 4.22. The molecule has 0 bridgehead atoms. The third-order valence-electron chi connectivity index (χ3n) is 3.32. The van der Waals surface area contributed by atoms with Crippen molar-refractivity contribution in [1.82, 2.24) is 25.2 Å². The van der Waals surface area contributed by atoms with Gasteiger partial charge in [-0.3, -0.25) is 9.39 Å². The monoisotopic (exact) mass is 294 g/mol. The third kappa shape index (κ3) is 3.22. The van der Waals surface area contributed by atoms with E-state index in [0.717, 1.165) is 24.0 Å². The zero-order valence-corrected chi connectivity index (χ0v) is 12.4. The molecular weight excluding hydrogens is 276 g/mol. The Morgan fingerprint density at radius 2 is 1.77 bits per heavy atom. The number of guanidine groups is 1. The molecule has 0 saturated carbocycles. The van der Waals surface area contributed by atoms with Crippen LogP contribution in [-0.4, -0.2) is 27.6 Å². The molecule has 2 N–H and O–H groups in total. The fraction of sp³-hybridized carbons (Fsp3) is 0.188. The van der Waals surface area contributed by atoms with Crippen LogP contribution in [0, 0.1) is 0 Å². The number of nitrogens with one attached hydrogen (secondary N) is 2. The van der Waals surface area contributed by atoms with Crippen LogP contribution in [0.3, 0.4) is 0 Å². The second-order valence-corrected chi connectivity index (χ2v) is 4.81. The maximum Gasteiger partial charge on any atom is 0.191 e. The van der Waals surface area contributed by atoms with Crippen molar-refractivity contribution in [3.63, 3.8) is 0 Å². The molecule has 3 rings (SSSR count). The van der Waals surface area contributed by atoms with E-state index in [0.29, 0.717) is 6.54 Å². The molecule has 1 aromatic carbocycles. The quantitative estimate of drug-likeness (QED) is 0.566. The van der Waals surface area contributed by atoms with E-state index >= 15 is 0 Å². The van der Waals surface area contributed by atoms with Gasteiger partial charge in [-0.15, -0.1) is 10.2 Å². The molecule has 2 aromatic heterocycles. The van der Waals surface area contributed by atoms with E-state index in [1.807, 2.05) is 47.0 Å². The number of pyridine rings is 1. The Morgan fingerprint density at radius 3 is 2.59 bits per heavy atom. The molecule has 0 fully saturated rings. The van der Waals surface area contributed by atoms with Gasteiger partial charge in [0.25, 0.3) is 0 Å². The summed E-state index contributed by atoms with van der Waals surface area (Å²) in [6.45, 7) is 1.28. The summed E-state index contributed by atoms with van der Waals surface area (Å²) in [5, 5.41) is 14.8. The molecule has 0 amide bonds. The van der Waals surface area contributed by atoms with Gasteiger partial charge in [0.1, 0.15) is 0 Å². The first-order chi connectivity index (χ1) is 10.9. The molecule has 2 heterocycles. The first-order valence-corrected chi connectivity index (χ1v) is 7.14. The average molecular weight is 294 g/mol. The molecule has 6 heteroatoms. The Hall–Kier alpha value is -2.89. The summed E-state index contributed by atoms with van der Waals surface area (Å²) in [6, 6.07) is 16.0. The predicted molar refractivity (Wildman–Crippen MR) is 86.5 cm³/mol. The third-order valence-corrected chi connectivity index (χ3v) is 3.32. The summed E-state index contributed by atoms with van der Waals surface area (Å²) in [7, 11) is 1.75. The van der Waals surface area contributed by atoms with Gasteiger partial charge < -0.3 is 10.6 Å². The van der Waals surface area contributed by atoms with Gasteiger partial charge in [-0.2, -0.15) is 0 Å². The van der Waals surface area contributed by atoms with Crippen molar-refractivity contribution >= 4 is 11.6 Å². The van der Waals surface area contributed by atoms with Crippen molar-refractivity contribution in [2.45, 2.75) is 13.1 Å². The van der Waals surface area contributed by atoms with Crippen LogP contribution < -0.4 is 10.6 Å². The standard InChI is InChI=1S/C16H18N6/c1-17-16(18-11-13-7-3-2-4-8-13)19-12-15-21-20-14-9-5-6-10-22(14)15/h2-10H,11-12H2,1H3,(H2,17,18,19). The van der Waals surface area contributed by atoms with Crippen molar-refractivity contribution in [2.24, 2.45) is 4.99 Å². The molecule has 0 atom stereocenters. The van der Waals surface area contributed by atoms with Gasteiger partial charge in [-0.25, -0.2) is 0 Å². The van der Waals surface area contributed by atoms with E-state index in [1.165, 1.54) is 5.56 Å². The van der Waals surface area contributed by atoms with Gasteiger partial charge in [0.05, 0.1) is 6.54 Å². The molecule has 0 spiro atoms. The highest BCUT2D eigenvalue weighted by Gasteiger charge is 2.05. The number of hydrogen-bond acceptors (Lipinski definition) is 3. The van der Waals surface area contributed by atoms with E-state index in [4.69, 9.17) is 0 Å². The Bertz CT molecular complexity index is 762. The fourth-order valence-corrected chi connectivity index (χ4v) is 2.18. The normalized spacial score (nSPS) is 11.6. The summed E-state index contributed by atoms with van der Waals surface area (Å²) in [4.78, 5) is 4.22. The summed E-state index contributed by atoms with van der Waals surface area (Å²) in [5.74, 6) is 1.58. The molecule has 0 aliphatic rings. The SMILES string of the molecule is CN=C(NCc1ccccc1)NCc1nnc2ccccn12. The highest BCUT2D eigenvalue weighted by molar-refractivity contribution is 5.79. The molecule has 0 aliphatic heterocycles. The molecular formula is C16H18N6. The minimum absolute atomic E-state index is 0.555. The van der Waals surface area contributed by atoms with Crippen LogP contribution in [0.15, 0.2) is 59.7 Å². The summed E-state index contributed by atoms with van der Waals surface area (Å²) < 4.78 is 1.96. The summed E-state index contributed by atoms with van der Waals surface area (Å²) >= 11 is 0. The van der Waals surface area contributed by atoms with Crippen LogP contribution in [0.5, 0.6) is 0 Å². The first kappa shape index (κ1) is 14.1. The average Bonchev–Trinajstić information content (AvgIpc) is 2.99. The lowest BCUT2D eigenvalue weighted by Gasteiger charge is -2.11. The van der Waals surface area contributed by atoms with Gasteiger partial charge >= 0.3 is 0 Å². The molecule has 0 aliphatic carbocycles. The second-order valence-electron chi connectivity index (χ2n) is 4.81.